The van der Waals surface area contributed by atoms with Gasteiger partial charge in [0.15, 0.2) is 5.84 Å². The van der Waals surface area contributed by atoms with Gasteiger partial charge in [0, 0.05) is 34.5 Å². The van der Waals surface area contributed by atoms with Crippen molar-refractivity contribution in [2.24, 2.45) is 27.1 Å². The average Bonchev–Trinajstić information content (AvgIpc) is 3.51. The van der Waals surface area contributed by atoms with Crippen LogP contribution in [0, 0.1) is 23.0 Å². The Morgan fingerprint density at radius 2 is 1.90 bits per heavy atom. The van der Waals surface area contributed by atoms with E-state index in [0.717, 1.165) is 51.9 Å². The molecule has 1 aliphatic heterocycles. The number of rotatable bonds is 4. The number of nitrogens with zero attached hydrogens (tertiary/aromatic N) is 2. The Morgan fingerprint density at radius 3 is 2.65 bits per heavy atom. The fraction of sp³-hybridized carbons (Fsp3) is 0.395. The molecule has 0 saturated heterocycles. The first-order chi connectivity index (χ1) is 22.8. The highest BCUT2D eigenvalue weighted by molar-refractivity contribution is 7.99. The first-order valence-corrected chi connectivity index (χ1v) is 18.3. The normalized spacial score (nSPS) is 20.8. The van der Waals surface area contributed by atoms with Crippen LogP contribution in [-0.4, -0.2) is 46.3 Å². The molecule has 5 rings (SSSR count). The molecule has 3 aromatic carbocycles. The van der Waals surface area contributed by atoms with Crippen LogP contribution in [-0.2, 0) is 23.1 Å². The molecule has 1 unspecified atom stereocenters. The topological polar surface area (TPSA) is 104 Å². The molecule has 0 saturated carbocycles. The summed E-state index contributed by atoms with van der Waals surface area (Å²) in [6, 6.07) is 16.1. The molecule has 0 fully saturated rings. The number of carboxylic acid groups (broad SMARTS) is 1. The first kappa shape index (κ1) is 35.7. The Kier molecular flexibility index (Phi) is 11.0. The van der Waals surface area contributed by atoms with Crippen molar-refractivity contribution in [1.29, 1.82) is 0 Å². The predicted molar refractivity (Wildman–Crippen MR) is 196 cm³/mol. The number of fused-ring (bicyclic) bond motifs is 5. The Hall–Kier alpha value is -3.63. The monoisotopic (exact) mass is 690 g/mol. The standard InChI is InChI=1S/C38H44F2N4O2S2/c1-23(35(45)46)18-24-8-6-9-25(19-24)38(4)15-7-14-37(2,3)22-47-17-13-28-27-12-16-43-32(27)21-31(40)33(28)48-26-10-11-30(39)29(20-26)34(42-5)44-36(38)41/h6,8-12,16,19-21,23,43H,7,13-15,17-18,22H2,1-5H3,(H,45,46)(H2,41,42,44)/t23?,38-/m1/s1. The van der Waals surface area contributed by atoms with Gasteiger partial charge in [-0.2, -0.15) is 11.8 Å². The lowest BCUT2D eigenvalue weighted by atomic mass is 9.74. The molecule has 4 aromatic rings. The molecular weight excluding hydrogens is 647 g/mol. The quantitative estimate of drug-likeness (QED) is 0.198. The van der Waals surface area contributed by atoms with E-state index < -0.39 is 23.1 Å². The number of nitrogens with two attached hydrogens (primary N) is 1. The number of benzene rings is 3. The van der Waals surface area contributed by atoms with Gasteiger partial charge in [-0.1, -0.05) is 63.2 Å². The molecule has 4 N–H and O–H groups in total. The zero-order valence-corrected chi connectivity index (χ0v) is 29.8. The maximum atomic E-state index is 15.7. The van der Waals surface area contributed by atoms with Crippen molar-refractivity contribution in [2.45, 2.75) is 75.0 Å². The number of H-pyrrole nitrogens is 1. The van der Waals surface area contributed by atoms with E-state index in [9.17, 15) is 9.90 Å². The molecule has 0 radical (unpaired) electrons. The van der Waals surface area contributed by atoms with Gasteiger partial charge in [0.25, 0.3) is 0 Å². The number of aryl methyl sites for hydroxylation is 1. The van der Waals surface area contributed by atoms with Crippen molar-refractivity contribution in [3.63, 3.8) is 0 Å². The van der Waals surface area contributed by atoms with Crippen LogP contribution in [0.25, 0.3) is 10.9 Å². The van der Waals surface area contributed by atoms with E-state index in [-0.39, 0.29) is 22.6 Å². The van der Waals surface area contributed by atoms with Crippen LogP contribution in [0.2, 0.25) is 0 Å². The molecule has 10 heteroatoms. The van der Waals surface area contributed by atoms with Gasteiger partial charge >= 0.3 is 5.97 Å². The van der Waals surface area contributed by atoms with Gasteiger partial charge in [0.05, 0.1) is 16.4 Å². The van der Waals surface area contributed by atoms with Crippen LogP contribution in [0.3, 0.4) is 0 Å². The third-order valence-corrected chi connectivity index (χ3v) is 11.9. The molecule has 2 heterocycles. The second-order valence-corrected chi connectivity index (χ2v) is 15.9. The lowest BCUT2D eigenvalue weighted by Crippen LogP contribution is -2.40. The van der Waals surface area contributed by atoms with Crippen molar-refractivity contribution in [1.82, 2.24) is 4.98 Å². The van der Waals surface area contributed by atoms with Crippen molar-refractivity contribution < 1.29 is 18.7 Å². The zero-order chi connectivity index (χ0) is 34.6. The van der Waals surface area contributed by atoms with Gasteiger partial charge in [0.2, 0.25) is 0 Å². The lowest BCUT2D eigenvalue weighted by molar-refractivity contribution is -0.141. The highest BCUT2D eigenvalue weighted by Crippen LogP contribution is 2.40. The third-order valence-electron chi connectivity index (χ3n) is 9.32. The van der Waals surface area contributed by atoms with Gasteiger partial charge < -0.3 is 15.8 Å². The molecule has 0 aliphatic carbocycles. The molecular formula is C38H44F2N4O2S2. The predicted octanol–water partition coefficient (Wildman–Crippen LogP) is 9.04. The minimum absolute atomic E-state index is 0.0290. The summed E-state index contributed by atoms with van der Waals surface area (Å²) in [5, 5.41) is 10.5. The minimum atomic E-state index is -0.848. The van der Waals surface area contributed by atoms with E-state index in [4.69, 9.17) is 10.7 Å². The molecule has 0 spiro atoms. The Morgan fingerprint density at radius 1 is 1.10 bits per heavy atom. The molecule has 0 amide bonds. The summed E-state index contributed by atoms with van der Waals surface area (Å²) in [4.78, 5) is 25.1. The second kappa shape index (κ2) is 14.9. The number of carbonyl (C=O) groups is 1. The largest absolute Gasteiger partial charge is 0.481 e. The number of aromatic amines is 1. The van der Waals surface area contributed by atoms with E-state index in [2.05, 4.69) is 23.8 Å². The van der Waals surface area contributed by atoms with E-state index in [0.29, 0.717) is 34.9 Å². The molecule has 6 nitrogen and oxygen atoms in total. The van der Waals surface area contributed by atoms with E-state index in [1.165, 1.54) is 23.9 Å². The number of hydrogen-bond acceptors (Lipinski definition) is 5. The highest BCUT2D eigenvalue weighted by atomic mass is 32.2. The summed E-state index contributed by atoms with van der Waals surface area (Å²) < 4.78 is 31.2. The zero-order valence-electron chi connectivity index (χ0n) is 28.2. The summed E-state index contributed by atoms with van der Waals surface area (Å²) in [6.07, 6.45) is 5.39. The van der Waals surface area contributed by atoms with Crippen molar-refractivity contribution in [3.05, 3.63) is 94.7 Å². The maximum Gasteiger partial charge on any atom is 0.306 e. The highest BCUT2D eigenvalue weighted by Gasteiger charge is 2.33. The number of carboxylic acids is 1. The first-order valence-electron chi connectivity index (χ1n) is 16.3. The van der Waals surface area contributed by atoms with Crippen LogP contribution < -0.4 is 5.73 Å². The molecule has 1 aromatic heterocycles. The second-order valence-electron chi connectivity index (χ2n) is 13.7. The number of nitrogens with one attached hydrogen (secondary N) is 1. The van der Waals surface area contributed by atoms with Gasteiger partial charge in [0.1, 0.15) is 17.5 Å². The lowest BCUT2D eigenvalue weighted by Gasteiger charge is -2.32. The number of hydrogen-bond donors (Lipinski definition) is 3. The van der Waals surface area contributed by atoms with Crippen LogP contribution in [0.5, 0.6) is 0 Å². The number of halogens is 2. The van der Waals surface area contributed by atoms with Crippen molar-refractivity contribution in [2.75, 3.05) is 18.6 Å². The summed E-state index contributed by atoms with van der Waals surface area (Å²) in [6.45, 7) is 8.28. The van der Waals surface area contributed by atoms with Gasteiger partial charge in [-0.3, -0.25) is 9.79 Å². The van der Waals surface area contributed by atoms with Crippen molar-refractivity contribution in [3.8, 4) is 0 Å². The van der Waals surface area contributed by atoms with Crippen LogP contribution in [0.1, 0.15) is 69.2 Å². The maximum absolute atomic E-state index is 15.7. The van der Waals surface area contributed by atoms with E-state index >= 15 is 8.78 Å². The average molecular weight is 691 g/mol. The Bertz CT molecular complexity index is 1870. The summed E-state index contributed by atoms with van der Waals surface area (Å²) in [7, 11) is 1.56. The summed E-state index contributed by atoms with van der Waals surface area (Å²) in [5.41, 5.74) is 9.89. The fourth-order valence-electron chi connectivity index (χ4n) is 6.33. The van der Waals surface area contributed by atoms with Gasteiger partial charge in [-0.15, -0.1) is 0 Å². The molecule has 48 heavy (non-hydrogen) atoms. The van der Waals surface area contributed by atoms with Crippen molar-refractivity contribution >= 4 is 52.1 Å². The summed E-state index contributed by atoms with van der Waals surface area (Å²) >= 11 is 3.15. The smallest absolute Gasteiger partial charge is 0.306 e. The van der Waals surface area contributed by atoms with Crippen LogP contribution in [0.15, 0.2) is 80.6 Å². The number of aromatic nitrogens is 1. The number of thioether (sulfide) groups is 1. The number of aliphatic carboxylic acids is 1. The fourth-order valence-corrected chi connectivity index (χ4v) is 8.56. The molecule has 2 bridgehead atoms. The molecule has 1 aliphatic rings. The summed E-state index contributed by atoms with van der Waals surface area (Å²) in [5.74, 6) is 0.00893. The van der Waals surface area contributed by atoms with Crippen LogP contribution in [0.4, 0.5) is 8.78 Å². The number of aliphatic imine (C=N–C) groups is 2. The third kappa shape index (κ3) is 7.97. The van der Waals surface area contributed by atoms with E-state index in [1.54, 1.807) is 26.1 Å². The number of amidine groups is 2. The van der Waals surface area contributed by atoms with Gasteiger partial charge in [-0.05, 0) is 96.5 Å². The Balaban J connectivity index is 1.61. The SMILES string of the molecule is CN=C1N=C(N)[C@@](C)(c2cccc(CC(C)C(=O)O)c2)CCCC(C)(C)CSCCc2c(c(F)cc3[nH]ccc23)Sc2ccc(F)c1c2. The van der Waals surface area contributed by atoms with Gasteiger partial charge in [-0.25, -0.2) is 13.8 Å². The Labute approximate surface area is 290 Å². The molecule has 2 atom stereocenters. The molecule has 254 valence electrons. The van der Waals surface area contributed by atoms with E-state index in [1.807, 2.05) is 55.2 Å². The minimum Gasteiger partial charge on any atom is -0.481 e. The van der Waals surface area contributed by atoms with Crippen LogP contribution >= 0.6 is 23.5 Å².